The van der Waals surface area contributed by atoms with Crippen LogP contribution in [-0.4, -0.2) is 55.7 Å². The van der Waals surface area contributed by atoms with Crippen molar-refractivity contribution in [3.8, 4) is 0 Å². The second-order valence-corrected chi connectivity index (χ2v) is 7.41. The zero-order valence-corrected chi connectivity index (χ0v) is 15.1. The van der Waals surface area contributed by atoms with Gasteiger partial charge in [0.15, 0.2) is 5.96 Å². The molecule has 1 unspecified atom stereocenters. The summed E-state index contributed by atoms with van der Waals surface area (Å²) in [5.74, 6) is 1.04. The molecule has 2 aliphatic heterocycles. The Morgan fingerprint density at radius 1 is 1.36 bits per heavy atom. The van der Waals surface area contributed by atoms with Crippen LogP contribution in [0.1, 0.15) is 24.8 Å². The van der Waals surface area contributed by atoms with Crippen molar-refractivity contribution in [3.63, 3.8) is 0 Å². The number of aliphatic imine (C=N–C) groups is 1. The number of likely N-dealkylation sites (tertiary alicyclic amines) is 1. The summed E-state index contributed by atoms with van der Waals surface area (Å²) in [6.45, 7) is 4.96. The van der Waals surface area contributed by atoms with Crippen LogP contribution in [0.4, 0.5) is 0 Å². The van der Waals surface area contributed by atoms with Crippen molar-refractivity contribution in [2.45, 2.75) is 25.7 Å². The maximum absolute atomic E-state index is 5.63. The highest BCUT2D eigenvalue weighted by molar-refractivity contribution is 5.83. The molecule has 2 aliphatic rings. The molecule has 134 valence electrons. The average molecular weight is 340 g/mol. The summed E-state index contributed by atoms with van der Waals surface area (Å²) >= 11 is 0. The number of rotatable bonds is 4. The predicted molar refractivity (Wildman–Crippen MR) is 102 cm³/mol. The fourth-order valence-corrected chi connectivity index (χ4v) is 4.24. The molecule has 0 saturated carbocycles. The van der Waals surface area contributed by atoms with Gasteiger partial charge in [0.25, 0.3) is 0 Å². The monoisotopic (exact) mass is 340 g/mol. The van der Waals surface area contributed by atoms with E-state index in [4.69, 9.17) is 4.74 Å². The van der Waals surface area contributed by atoms with E-state index in [1.54, 1.807) is 0 Å². The summed E-state index contributed by atoms with van der Waals surface area (Å²) in [6.07, 6.45) is 6.74. The van der Waals surface area contributed by atoms with E-state index in [0.29, 0.717) is 5.41 Å². The van der Waals surface area contributed by atoms with Gasteiger partial charge in [-0.25, -0.2) is 0 Å². The standard InChI is InChI=1S/C20H28N4O/c1-21-19(24-11-8-20(14-24)9-12-25-15-20)22-10-4-5-16-13-23-18-7-3-2-6-17(16)18/h2-3,6-7,13,23H,4-5,8-12,14-15H2,1H3,(H,21,22). The fourth-order valence-electron chi connectivity index (χ4n) is 4.24. The largest absolute Gasteiger partial charge is 0.381 e. The quantitative estimate of drug-likeness (QED) is 0.511. The first kappa shape index (κ1) is 16.5. The smallest absolute Gasteiger partial charge is 0.193 e. The van der Waals surface area contributed by atoms with E-state index < -0.39 is 0 Å². The number of aromatic amines is 1. The number of hydrogen-bond donors (Lipinski definition) is 2. The maximum atomic E-state index is 5.63. The lowest BCUT2D eigenvalue weighted by molar-refractivity contribution is 0.156. The molecule has 0 amide bonds. The van der Waals surface area contributed by atoms with Gasteiger partial charge in [0.2, 0.25) is 0 Å². The SMILES string of the molecule is CN=C(NCCCc1c[nH]c2ccccc12)N1CCC2(CCOC2)C1. The minimum atomic E-state index is 0.377. The molecule has 2 N–H and O–H groups in total. The predicted octanol–water partition coefficient (Wildman–Crippen LogP) is 2.79. The van der Waals surface area contributed by atoms with Crippen LogP contribution in [0.25, 0.3) is 10.9 Å². The number of para-hydroxylation sites is 1. The van der Waals surface area contributed by atoms with E-state index in [1.807, 2.05) is 7.05 Å². The highest BCUT2D eigenvalue weighted by Crippen LogP contribution is 2.38. The number of ether oxygens (including phenoxy) is 1. The van der Waals surface area contributed by atoms with Crippen LogP contribution in [0.3, 0.4) is 0 Å². The Hall–Kier alpha value is -2.01. The summed E-state index contributed by atoms with van der Waals surface area (Å²) in [6, 6.07) is 8.51. The molecule has 4 rings (SSSR count). The number of aromatic nitrogens is 1. The first-order valence-electron chi connectivity index (χ1n) is 9.38. The van der Waals surface area contributed by atoms with E-state index in [9.17, 15) is 0 Å². The summed E-state index contributed by atoms with van der Waals surface area (Å²) < 4.78 is 5.63. The lowest BCUT2D eigenvalue weighted by Crippen LogP contribution is -2.41. The highest BCUT2D eigenvalue weighted by Gasteiger charge is 2.42. The Kier molecular flexibility index (Phi) is 4.66. The lowest BCUT2D eigenvalue weighted by atomic mass is 9.87. The molecule has 2 aromatic rings. The molecular weight excluding hydrogens is 312 g/mol. The fraction of sp³-hybridized carbons (Fsp3) is 0.550. The van der Waals surface area contributed by atoms with Gasteiger partial charge in [0, 0.05) is 55.8 Å². The molecule has 0 radical (unpaired) electrons. The van der Waals surface area contributed by atoms with E-state index >= 15 is 0 Å². The summed E-state index contributed by atoms with van der Waals surface area (Å²) in [7, 11) is 1.89. The van der Waals surface area contributed by atoms with Crippen molar-refractivity contribution < 1.29 is 4.74 Å². The number of nitrogens with zero attached hydrogens (tertiary/aromatic N) is 2. The Balaban J connectivity index is 1.27. The van der Waals surface area contributed by atoms with E-state index in [0.717, 1.165) is 51.6 Å². The third kappa shape index (κ3) is 3.38. The first-order chi connectivity index (χ1) is 12.3. The van der Waals surface area contributed by atoms with Crippen LogP contribution in [0, 0.1) is 5.41 Å². The number of benzene rings is 1. The molecule has 25 heavy (non-hydrogen) atoms. The van der Waals surface area contributed by atoms with Crippen LogP contribution in [0.15, 0.2) is 35.5 Å². The van der Waals surface area contributed by atoms with Crippen LogP contribution >= 0.6 is 0 Å². The Bertz CT molecular complexity index is 745. The number of nitrogens with one attached hydrogen (secondary N) is 2. The van der Waals surface area contributed by atoms with Gasteiger partial charge in [-0.1, -0.05) is 18.2 Å². The molecule has 3 heterocycles. The third-order valence-corrected chi connectivity index (χ3v) is 5.72. The minimum Gasteiger partial charge on any atom is -0.381 e. The Morgan fingerprint density at radius 2 is 2.28 bits per heavy atom. The molecule has 1 aromatic heterocycles. The van der Waals surface area contributed by atoms with Crippen molar-refractivity contribution >= 4 is 16.9 Å². The lowest BCUT2D eigenvalue weighted by Gasteiger charge is -2.24. The van der Waals surface area contributed by atoms with Crippen LogP contribution in [0.2, 0.25) is 0 Å². The van der Waals surface area contributed by atoms with E-state index in [1.165, 1.54) is 29.3 Å². The van der Waals surface area contributed by atoms with Gasteiger partial charge in [-0.3, -0.25) is 4.99 Å². The number of fused-ring (bicyclic) bond motifs is 1. The van der Waals surface area contributed by atoms with Gasteiger partial charge in [0.1, 0.15) is 0 Å². The second kappa shape index (κ2) is 7.08. The van der Waals surface area contributed by atoms with E-state index in [-0.39, 0.29) is 0 Å². The molecular formula is C20H28N4O. The summed E-state index contributed by atoms with van der Waals surface area (Å²) in [5, 5.41) is 4.90. The van der Waals surface area contributed by atoms with Crippen LogP contribution < -0.4 is 5.32 Å². The number of hydrogen-bond acceptors (Lipinski definition) is 2. The van der Waals surface area contributed by atoms with Gasteiger partial charge < -0.3 is 19.9 Å². The Labute approximate surface area is 149 Å². The number of H-pyrrole nitrogens is 1. The van der Waals surface area contributed by atoms with Crippen LogP contribution in [0.5, 0.6) is 0 Å². The van der Waals surface area contributed by atoms with Gasteiger partial charge >= 0.3 is 0 Å². The maximum Gasteiger partial charge on any atom is 0.193 e. The molecule has 1 aromatic carbocycles. The molecule has 1 atom stereocenters. The summed E-state index contributed by atoms with van der Waals surface area (Å²) in [5.41, 5.74) is 3.00. The Morgan fingerprint density at radius 3 is 3.12 bits per heavy atom. The molecule has 1 spiro atoms. The molecule has 0 bridgehead atoms. The van der Waals surface area contributed by atoms with Gasteiger partial charge in [-0.05, 0) is 37.3 Å². The highest BCUT2D eigenvalue weighted by atomic mass is 16.5. The van der Waals surface area contributed by atoms with Crippen molar-refractivity contribution in [1.82, 2.24) is 15.2 Å². The average Bonchev–Trinajstić information content (AvgIpc) is 3.37. The zero-order valence-electron chi connectivity index (χ0n) is 15.1. The van der Waals surface area contributed by atoms with Gasteiger partial charge in [-0.15, -0.1) is 0 Å². The van der Waals surface area contributed by atoms with Gasteiger partial charge in [-0.2, -0.15) is 0 Å². The van der Waals surface area contributed by atoms with Crippen molar-refractivity contribution in [2.24, 2.45) is 10.4 Å². The van der Waals surface area contributed by atoms with Crippen LogP contribution in [-0.2, 0) is 11.2 Å². The topological polar surface area (TPSA) is 52.7 Å². The van der Waals surface area contributed by atoms with E-state index in [2.05, 4.69) is 50.7 Å². The molecule has 5 nitrogen and oxygen atoms in total. The first-order valence-corrected chi connectivity index (χ1v) is 9.38. The van der Waals surface area contributed by atoms with Crippen molar-refractivity contribution in [2.75, 3.05) is 39.9 Å². The minimum absolute atomic E-state index is 0.377. The number of aryl methyl sites for hydroxylation is 1. The third-order valence-electron chi connectivity index (χ3n) is 5.72. The number of guanidine groups is 1. The second-order valence-electron chi connectivity index (χ2n) is 7.41. The molecule has 2 saturated heterocycles. The van der Waals surface area contributed by atoms with Crippen molar-refractivity contribution in [1.29, 1.82) is 0 Å². The van der Waals surface area contributed by atoms with Crippen molar-refractivity contribution in [3.05, 3.63) is 36.0 Å². The molecule has 2 fully saturated rings. The summed E-state index contributed by atoms with van der Waals surface area (Å²) in [4.78, 5) is 10.3. The normalized spacial score (nSPS) is 23.9. The molecule has 0 aliphatic carbocycles. The van der Waals surface area contributed by atoms with Gasteiger partial charge in [0.05, 0.1) is 6.61 Å². The molecule has 5 heteroatoms. The zero-order chi connectivity index (χ0) is 17.1.